The highest BCUT2D eigenvalue weighted by Crippen LogP contribution is 2.33. The van der Waals surface area contributed by atoms with E-state index in [1.165, 1.54) is 11.6 Å². The lowest BCUT2D eigenvalue weighted by Gasteiger charge is -2.21. The Labute approximate surface area is 143 Å². The van der Waals surface area contributed by atoms with Gasteiger partial charge in [0.2, 0.25) is 0 Å². The lowest BCUT2D eigenvalue weighted by molar-refractivity contribution is 0.215. The van der Waals surface area contributed by atoms with E-state index in [2.05, 4.69) is 14.9 Å². The number of imidazole rings is 1. The summed E-state index contributed by atoms with van der Waals surface area (Å²) >= 11 is 0. The van der Waals surface area contributed by atoms with Crippen molar-refractivity contribution in [3.05, 3.63) is 50.3 Å². The summed E-state index contributed by atoms with van der Waals surface area (Å²) < 4.78 is 8.28. The van der Waals surface area contributed by atoms with Crippen LogP contribution in [0.4, 0.5) is 0 Å². The van der Waals surface area contributed by atoms with E-state index in [1.807, 2.05) is 19.1 Å². The molecule has 1 fully saturated rings. The van der Waals surface area contributed by atoms with E-state index in [-0.39, 0.29) is 17.3 Å². The van der Waals surface area contributed by atoms with E-state index in [0.717, 1.165) is 35.5 Å². The highest BCUT2D eigenvalue weighted by molar-refractivity contribution is 5.69. The summed E-state index contributed by atoms with van der Waals surface area (Å²) in [5.74, 6) is 2.56. The fraction of sp³-hybridized carbons (Fsp3) is 0.471. The first-order valence-corrected chi connectivity index (χ1v) is 8.40. The third-order valence-corrected chi connectivity index (χ3v) is 4.95. The summed E-state index contributed by atoms with van der Waals surface area (Å²) in [4.78, 5) is 34.2. The van der Waals surface area contributed by atoms with Crippen LogP contribution in [0.25, 0.3) is 11.2 Å². The molecule has 25 heavy (non-hydrogen) atoms. The van der Waals surface area contributed by atoms with Crippen LogP contribution in [0.2, 0.25) is 0 Å². The molecule has 1 aliphatic rings. The number of hydrogen-bond donors (Lipinski definition) is 1. The fourth-order valence-corrected chi connectivity index (χ4v) is 3.61. The van der Waals surface area contributed by atoms with Crippen LogP contribution in [-0.2, 0) is 20.6 Å². The third-order valence-electron chi connectivity index (χ3n) is 4.95. The van der Waals surface area contributed by atoms with Gasteiger partial charge in [-0.05, 0) is 38.4 Å². The minimum Gasteiger partial charge on any atom is -0.465 e. The summed E-state index contributed by atoms with van der Waals surface area (Å²) in [6.45, 7) is 3.47. The molecule has 3 aromatic rings. The van der Waals surface area contributed by atoms with Gasteiger partial charge in [0, 0.05) is 14.1 Å². The second-order valence-electron chi connectivity index (χ2n) is 6.66. The molecule has 0 spiro atoms. The second-order valence-corrected chi connectivity index (χ2v) is 6.66. The smallest absolute Gasteiger partial charge is 0.332 e. The quantitative estimate of drug-likeness (QED) is 0.772. The maximum Gasteiger partial charge on any atom is 0.332 e. The molecule has 132 valence electrons. The van der Waals surface area contributed by atoms with Crippen LogP contribution in [0.1, 0.15) is 36.2 Å². The van der Waals surface area contributed by atoms with Crippen molar-refractivity contribution in [2.24, 2.45) is 14.1 Å². The Morgan fingerprint density at radius 1 is 1.28 bits per heavy atom. The SMILES string of the molecule is Cc1ccc([C@H]2CCCN2Cc2nc3c([nH]2)c(=O)n(C)c(=O)n3C)o1. The number of aryl methyl sites for hydroxylation is 2. The lowest BCUT2D eigenvalue weighted by Crippen LogP contribution is -2.36. The molecule has 0 bridgehead atoms. The maximum atomic E-state index is 12.3. The summed E-state index contributed by atoms with van der Waals surface area (Å²) in [5.41, 5.74) is 0.0361. The van der Waals surface area contributed by atoms with E-state index in [0.29, 0.717) is 23.5 Å². The van der Waals surface area contributed by atoms with Gasteiger partial charge in [0.25, 0.3) is 5.56 Å². The van der Waals surface area contributed by atoms with Gasteiger partial charge >= 0.3 is 5.69 Å². The molecule has 1 saturated heterocycles. The molecule has 4 rings (SSSR count). The zero-order valence-electron chi connectivity index (χ0n) is 14.6. The molecule has 1 aliphatic heterocycles. The zero-order valence-corrected chi connectivity index (χ0v) is 14.6. The maximum absolute atomic E-state index is 12.3. The van der Waals surface area contributed by atoms with Crippen molar-refractivity contribution in [2.45, 2.75) is 32.4 Å². The number of hydrogen-bond acceptors (Lipinski definition) is 5. The largest absolute Gasteiger partial charge is 0.465 e. The summed E-state index contributed by atoms with van der Waals surface area (Å²) in [6, 6.07) is 4.22. The van der Waals surface area contributed by atoms with Gasteiger partial charge in [-0.25, -0.2) is 9.78 Å². The second kappa shape index (κ2) is 5.73. The molecule has 0 unspecified atom stereocenters. The van der Waals surface area contributed by atoms with Crippen molar-refractivity contribution in [3.8, 4) is 0 Å². The van der Waals surface area contributed by atoms with Gasteiger partial charge < -0.3 is 9.40 Å². The first-order valence-electron chi connectivity index (χ1n) is 8.40. The van der Waals surface area contributed by atoms with Gasteiger partial charge in [0.1, 0.15) is 22.9 Å². The average Bonchev–Trinajstić information content (AvgIpc) is 3.31. The third kappa shape index (κ3) is 2.53. The van der Waals surface area contributed by atoms with Gasteiger partial charge in [-0.1, -0.05) is 0 Å². The van der Waals surface area contributed by atoms with Crippen molar-refractivity contribution in [2.75, 3.05) is 6.54 Å². The zero-order chi connectivity index (χ0) is 17.7. The Kier molecular flexibility index (Phi) is 3.64. The monoisotopic (exact) mass is 343 g/mol. The molecule has 0 radical (unpaired) electrons. The predicted octanol–water partition coefficient (Wildman–Crippen LogP) is 1.20. The van der Waals surface area contributed by atoms with Crippen molar-refractivity contribution in [1.82, 2.24) is 24.0 Å². The van der Waals surface area contributed by atoms with Gasteiger partial charge in [-0.3, -0.25) is 18.8 Å². The lowest BCUT2D eigenvalue weighted by atomic mass is 10.1. The summed E-state index contributed by atoms with van der Waals surface area (Å²) in [7, 11) is 3.10. The Hall–Kier alpha value is -2.61. The predicted molar refractivity (Wildman–Crippen MR) is 92.4 cm³/mol. The first-order chi connectivity index (χ1) is 12.0. The summed E-state index contributed by atoms with van der Waals surface area (Å²) in [5, 5.41) is 0. The van der Waals surface area contributed by atoms with Crippen molar-refractivity contribution in [3.63, 3.8) is 0 Å². The molecule has 0 saturated carbocycles. The standard InChI is InChI=1S/C17H21N5O3/c1-10-6-7-12(25-10)11-5-4-8-22(11)9-13-18-14-15(19-13)20(2)17(24)21(3)16(14)23/h6-7,11H,4-5,8-9H2,1-3H3,(H,18,19)/t11-/m1/s1. The number of rotatable bonds is 3. The Balaban J connectivity index is 1.69. The van der Waals surface area contributed by atoms with E-state index < -0.39 is 0 Å². The van der Waals surface area contributed by atoms with Crippen LogP contribution in [0.3, 0.4) is 0 Å². The van der Waals surface area contributed by atoms with Crippen LogP contribution in [-0.4, -0.2) is 30.5 Å². The molecule has 0 aromatic carbocycles. The first kappa shape index (κ1) is 15.9. The van der Waals surface area contributed by atoms with Gasteiger partial charge in [0.05, 0.1) is 12.6 Å². The number of aromatic nitrogens is 4. The number of nitrogens with zero attached hydrogens (tertiary/aromatic N) is 4. The van der Waals surface area contributed by atoms with E-state index in [4.69, 9.17) is 4.42 Å². The molecule has 1 atom stereocenters. The number of H-pyrrole nitrogens is 1. The number of furan rings is 1. The van der Waals surface area contributed by atoms with Gasteiger partial charge in [-0.15, -0.1) is 0 Å². The Morgan fingerprint density at radius 2 is 2.08 bits per heavy atom. The molecular formula is C17H21N5O3. The van der Waals surface area contributed by atoms with Crippen LogP contribution >= 0.6 is 0 Å². The molecule has 3 aromatic heterocycles. The van der Waals surface area contributed by atoms with Crippen LogP contribution in [0.5, 0.6) is 0 Å². The summed E-state index contributed by atoms with van der Waals surface area (Å²) in [6.07, 6.45) is 2.12. The van der Waals surface area contributed by atoms with Crippen molar-refractivity contribution >= 4 is 11.2 Å². The van der Waals surface area contributed by atoms with Crippen molar-refractivity contribution in [1.29, 1.82) is 0 Å². The Morgan fingerprint density at radius 3 is 2.80 bits per heavy atom. The van der Waals surface area contributed by atoms with Gasteiger partial charge in [0.15, 0.2) is 5.65 Å². The normalized spacial score (nSPS) is 18.4. The number of nitrogens with one attached hydrogen (secondary N) is 1. The highest BCUT2D eigenvalue weighted by atomic mass is 16.3. The van der Waals surface area contributed by atoms with E-state index in [1.54, 1.807) is 7.05 Å². The van der Waals surface area contributed by atoms with Gasteiger partial charge in [-0.2, -0.15) is 0 Å². The molecular weight excluding hydrogens is 322 g/mol. The van der Waals surface area contributed by atoms with E-state index in [9.17, 15) is 9.59 Å². The number of likely N-dealkylation sites (tertiary alicyclic amines) is 1. The molecule has 8 heteroatoms. The van der Waals surface area contributed by atoms with Crippen LogP contribution in [0, 0.1) is 6.92 Å². The van der Waals surface area contributed by atoms with Crippen molar-refractivity contribution < 1.29 is 4.42 Å². The molecule has 0 amide bonds. The van der Waals surface area contributed by atoms with Crippen LogP contribution < -0.4 is 11.2 Å². The van der Waals surface area contributed by atoms with Crippen LogP contribution in [0.15, 0.2) is 26.1 Å². The molecule has 0 aliphatic carbocycles. The molecule has 1 N–H and O–H groups in total. The average molecular weight is 343 g/mol. The fourth-order valence-electron chi connectivity index (χ4n) is 3.61. The number of aromatic amines is 1. The molecule has 4 heterocycles. The highest BCUT2D eigenvalue weighted by Gasteiger charge is 2.29. The van der Waals surface area contributed by atoms with E-state index >= 15 is 0 Å². The molecule has 8 nitrogen and oxygen atoms in total. The topological polar surface area (TPSA) is 89.1 Å². The minimum absolute atomic E-state index is 0.216. The number of fused-ring (bicyclic) bond motifs is 1. The Bertz CT molecular complexity index is 1050. The minimum atomic E-state index is -0.374.